The molecule has 1 aliphatic rings. The van der Waals surface area contributed by atoms with Gasteiger partial charge in [0.2, 0.25) is 15.9 Å². The van der Waals surface area contributed by atoms with Crippen LogP contribution in [0.4, 0.5) is 10.8 Å². The molecule has 1 unspecified atom stereocenters. The van der Waals surface area contributed by atoms with Crippen LogP contribution < -0.4 is 15.4 Å². The van der Waals surface area contributed by atoms with Gasteiger partial charge < -0.3 is 15.4 Å². The molecule has 150 valence electrons. The highest BCUT2D eigenvalue weighted by molar-refractivity contribution is 7.89. The largest absolute Gasteiger partial charge is 0.479 e. The third-order valence-electron chi connectivity index (χ3n) is 4.13. The number of carbonyl (C=O) groups is 2. The number of anilines is 2. The normalized spacial score (nSPS) is 16.3. The summed E-state index contributed by atoms with van der Waals surface area (Å²) in [4.78, 5) is 28.0. The van der Waals surface area contributed by atoms with Gasteiger partial charge >= 0.3 is 0 Å². The number of hydrogen-bond acceptors (Lipinski definition) is 7. The van der Waals surface area contributed by atoms with Gasteiger partial charge in [0.05, 0.1) is 22.8 Å². The highest BCUT2D eigenvalue weighted by Crippen LogP contribution is 2.35. The van der Waals surface area contributed by atoms with Gasteiger partial charge in [-0.1, -0.05) is 0 Å². The number of nitrogens with zero attached hydrogens (tertiary/aromatic N) is 2. The molecule has 1 atom stereocenters. The van der Waals surface area contributed by atoms with Crippen LogP contribution in [0.25, 0.3) is 0 Å². The second kappa shape index (κ2) is 7.49. The lowest BCUT2D eigenvalue weighted by molar-refractivity contribution is -0.122. The van der Waals surface area contributed by atoms with Gasteiger partial charge in [-0.25, -0.2) is 13.4 Å². The number of carbonyl (C=O) groups excluding carboxylic acids is 2. The van der Waals surface area contributed by atoms with Crippen molar-refractivity contribution in [1.82, 2.24) is 9.29 Å². The quantitative estimate of drug-likeness (QED) is 0.755. The molecular formula is C17H20N4O5S2. The fourth-order valence-corrected chi connectivity index (χ4v) is 4.70. The Labute approximate surface area is 166 Å². The zero-order chi connectivity index (χ0) is 20.6. The number of ether oxygens (including phenoxy) is 1. The second-order valence-electron chi connectivity index (χ2n) is 6.47. The minimum atomic E-state index is -3.95. The summed E-state index contributed by atoms with van der Waals surface area (Å²) in [5, 5.41) is 7.46. The van der Waals surface area contributed by atoms with Crippen LogP contribution >= 0.6 is 11.3 Å². The molecule has 2 amide bonds. The molecule has 9 nitrogen and oxygen atoms in total. The lowest BCUT2D eigenvalue weighted by atomic mass is 10.1. The first-order chi connectivity index (χ1) is 13.1. The molecule has 0 saturated heterocycles. The maximum Gasteiger partial charge on any atom is 0.265 e. The van der Waals surface area contributed by atoms with Crippen molar-refractivity contribution in [3.05, 3.63) is 28.8 Å². The average molecular weight is 425 g/mol. The van der Waals surface area contributed by atoms with Gasteiger partial charge in [0.1, 0.15) is 5.75 Å². The number of nitrogens with one attached hydrogen (secondary N) is 2. The molecule has 28 heavy (non-hydrogen) atoms. The summed E-state index contributed by atoms with van der Waals surface area (Å²) >= 11 is 1.27. The van der Waals surface area contributed by atoms with Crippen molar-refractivity contribution < 1.29 is 22.7 Å². The van der Waals surface area contributed by atoms with Gasteiger partial charge in [0, 0.05) is 18.5 Å². The minimum absolute atomic E-state index is 0.00925. The number of amides is 2. The third-order valence-corrected chi connectivity index (χ3v) is 6.95. The Kier molecular flexibility index (Phi) is 5.41. The van der Waals surface area contributed by atoms with Crippen LogP contribution in [0, 0.1) is 13.8 Å². The highest BCUT2D eigenvalue weighted by atomic mass is 32.2. The Hall–Kier alpha value is -2.50. The number of aromatic nitrogens is 1. The van der Waals surface area contributed by atoms with Crippen LogP contribution in [0.2, 0.25) is 0 Å². The monoisotopic (exact) mass is 424 g/mol. The molecular weight excluding hydrogens is 404 g/mol. The van der Waals surface area contributed by atoms with E-state index in [-0.39, 0.29) is 23.1 Å². The molecule has 2 heterocycles. The summed E-state index contributed by atoms with van der Waals surface area (Å²) in [5.74, 6) is -0.519. The molecule has 0 spiro atoms. The Bertz CT molecular complexity index is 1050. The Morgan fingerprint density at radius 3 is 2.75 bits per heavy atom. The van der Waals surface area contributed by atoms with E-state index in [1.54, 1.807) is 26.2 Å². The van der Waals surface area contributed by atoms with Crippen molar-refractivity contribution in [2.24, 2.45) is 0 Å². The van der Waals surface area contributed by atoms with E-state index < -0.39 is 22.0 Å². The second-order valence-corrected chi connectivity index (χ2v) is 9.34. The summed E-state index contributed by atoms with van der Waals surface area (Å²) < 4.78 is 32.4. The Balaban J connectivity index is 1.80. The van der Waals surface area contributed by atoms with Crippen LogP contribution in [-0.4, -0.2) is 49.2 Å². The Morgan fingerprint density at radius 2 is 2.11 bits per heavy atom. The maximum atomic E-state index is 13.0. The van der Waals surface area contributed by atoms with E-state index in [1.807, 2.05) is 0 Å². The number of fused-ring (bicyclic) bond motifs is 1. The zero-order valence-electron chi connectivity index (χ0n) is 15.8. The highest BCUT2D eigenvalue weighted by Gasteiger charge is 2.30. The first-order valence-electron chi connectivity index (χ1n) is 8.38. The number of hydrogen-bond donors (Lipinski definition) is 2. The van der Waals surface area contributed by atoms with Crippen molar-refractivity contribution in [1.29, 1.82) is 0 Å². The van der Waals surface area contributed by atoms with Gasteiger partial charge in [0.15, 0.2) is 11.2 Å². The molecule has 2 aromatic rings. The topological polar surface area (TPSA) is 118 Å². The van der Waals surface area contributed by atoms with Crippen LogP contribution in [0.1, 0.15) is 18.2 Å². The number of benzene rings is 1. The number of sulfonamides is 1. The van der Waals surface area contributed by atoms with E-state index >= 15 is 0 Å². The number of thiazole rings is 1. The lowest BCUT2D eigenvalue weighted by Gasteiger charge is -2.25. The van der Waals surface area contributed by atoms with Gasteiger partial charge in [-0.3, -0.25) is 9.59 Å². The predicted molar refractivity (Wildman–Crippen MR) is 105 cm³/mol. The van der Waals surface area contributed by atoms with E-state index in [0.29, 0.717) is 16.4 Å². The van der Waals surface area contributed by atoms with Crippen molar-refractivity contribution in [3.8, 4) is 5.75 Å². The van der Waals surface area contributed by atoms with Crippen molar-refractivity contribution in [2.75, 3.05) is 24.2 Å². The lowest BCUT2D eigenvalue weighted by Crippen LogP contribution is -2.36. The molecule has 3 rings (SSSR count). The van der Waals surface area contributed by atoms with E-state index in [4.69, 9.17) is 4.74 Å². The first-order valence-corrected chi connectivity index (χ1v) is 10.7. The molecule has 2 N–H and O–H groups in total. The van der Waals surface area contributed by atoms with Crippen molar-refractivity contribution >= 4 is 44.0 Å². The predicted octanol–water partition coefficient (Wildman–Crippen LogP) is 1.74. The fraction of sp³-hybridized carbons (Fsp3) is 0.353. The van der Waals surface area contributed by atoms with Crippen LogP contribution in [0.15, 0.2) is 22.4 Å². The van der Waals surface area contributed by atoms with Crippen LogP contribution in [0.3, 0.4) is 0 Å². The van der Waals surface area contributed by atoms with Crippen molar-refractivity contribution in [3.63, 3.8) is 0 Å². The molecule has 0 fully saturated rings. The number of likely N-dealkylation sites (N-methyl/N-ethyl adjacent to an activating group) is 1. The summed E-state index contributed by atoms with van der Waals surface area (Å²) in [6.07, 6.45) is -0.726. The molecule has 1 aromatic carbocycles. The SMILES string of the molecule is Cc1csc(NC(=O)CN(C)S(=O)(=O)c2cc3c(cc2C)NC(=O)C(C)O3)n1. The smallest absolute Gasteiger partial charge is 0.265 e. The number of aryl methyl sites for hydroxylation is 2. The number of rotatable bonds is 5. The standard InChI is InChI=1S/C17H20N4O5S2/c1-9-5-12-13(26-11(3)16(23)19-12)6-14(9)28(24,25)21(4)7-15(22)20-17-18-10(2)8-27-17/h5-6,8,11H,7H2,1-4H3,(H,19,23)(H,18,20,22). The van der Waals surface area contributed by atoms with Crippen LogP contribution in [-0.2, 0) is 19.6 Å². The summed E-state index contributed by atoms with van der Waals surface area (Å²) in [7, 11) is -2.63. The average Bonchev–Trinajstić information content (AvgIpc) is 3.00. The van der Waals surface area contributed by atoms with E-state index in [2.05, 4.69) is 15.6 Å². The minimum Gasteiger partial charge on any atom is -0.479 e. The fourth-order valence-electron chi connectivity index (χ4n) is 2.65. The summed E-state index contributed by atoms with van der Waals surface area (Å²) in [6, 6.07) is 2.91. The van der Waals surface area contributed by atoms with Gasteiger partial charge in [-0.05, 0) is 32.4 Å². The molecule has 0 radical (unpaired) electrons. The van der Waals surface area contributed by atoms with Crippen LogP contribution in [0.5, 0.6) is 5.75 Å². The first kappa shape index (κ1) is 20.2. The summed E-state index contributed by atoms with van der Waals surface area (Å²) in [6.45, 7) is 4.62. The molecule has 0 saturated carbocycles. The molecule has 1 aromatic heterocycles. The van der Waals surface area contributed by atoms with Gasteiger partial charge in [-0.15, -0.1) is 11.3 Å². The third kappa shape index (κ3) is 4.01. The summed E-state index contributed by atoms with van der Waals surface area (Å²) in [5.41, 5.74) is 1.62. The maximum absolute atomic E-state index is 13.0. The molecule has 0 bridgehead atoms. The molecule has 0 aliphatic carbocycles. The molecule has 11 heteroatoms. The molecule has 1 aliphatic heterocycles. The van der Waals surface area contributed by atoms with E-state index in [0.717, 1.165) is 10.00 Å². The Morgan fingerprint density at radius 1 is 1.39 bits per heavy atom. The van der Waals surface area contributed by atoms with Gasteiger partial charge in [-0.2, -0.15) is 4.31 Å². The zero-order valence-corrected chi connectivity index (χ0v) is 17.4. The van der Waals surface area contributed by atoms with Gasteiger partial charge in [0.25, 0.3) is 5.91 Å². The van der Waals surface area contributed by atoms with E-state index in [1.165, 1.54) is 30.5 Å². The van der Waals surface area contributed by atoms with E-state index in [9.17, 15) is 18.0 Å². The van der Waals surface area contributed by atoms with Crippen molar-refractivity contribution in [2.45, 2.75) is 31.8 Å².